The van der Waals surface area contributed by atoms with Gasteiger partial charge in [0.2, 0.25) is 21.8 Å². The molecule has 1 saturated heterocycles. The molecule has 1 aliphatic heterocycles. The van der Waals surface area contributed by atoms with Gasteiger partial charge in [0.05, 0.1) is 18.6 Å². The van der Waals surface area contributed by atoms with Crippen molar-refractivity contribution in [3.8, 4) is 11.8 Å². The quantitative estimate of drug-likeness (QED) is 0.763. The number of piperidine rings is 1. The molecule has 0 amide bonds. The van der Waals surface area contributed by atoms with Crippen LogP contribution in [0, 0.1) is 0 Å². The molecular weight excluding hydrogens is 378 g/mol. The third-order valence-electron chi connectivity index (χ3n) is 5.41. The minimum Gasteiger partial charge on any atom is -0.480 e. The van der Waals surface area contributed by atoms with E-state index >= 15 is 0 Å². The Bertz CT molecular complexity index is 931. The van der Waals surface area contributed by atoms with Gasteiger partial charge in [-0.3, -0.25) is 0 Å². The summed E-state index contributed by atoms with van der Waals surface area (Å²) in [5.41, 5.74) is 2.45. The van der Waals surface area contributed by atoms with E-state index < -0.39 is 10.0 Å². The molecule has 4 rings (SSSR count). The number of hydrogen-bond donors (Lipinski definition) is 0. The Morgan fingerprint density at radius 1 is 1.00 bits per heavy atom. The molecule has 7 nitrogen and oxygen atoms in total. The molecule has 0 radical (unpaired) electrons. The zero-order chi connectivity index (χ0) is 19.6. The van der Waals surface area contributed by atoms with Crippen LogP contribution in [0.25, 0.3) is 0 Å². The highest BCUT2D eigenvalue weighted by Crippen LogP contribution is 2.28. The van der Waals surface area contributed by atoms with Crippen LogP contribution in [0.5, 0.6) is 11.8 Å². The maximum absolute atomic E-state index is 13.2. The molecule has 0 spiro atoms. The Kier molecular flexibility index (Phi) is 5.50. The second-order valence-corrected chi connectivity index (χ2v) is 9.23. The van der Waals surface area contributed by atoms with E-state index in [1.54, 1.807) is 18.2 Å². The number of aromatic nitrogens is 2. The molecule has 1 unspecified atom stereocenters. The van der Waals surface area contributed by atoms with Crippen LogP contribution < -0.4 is 9.47 Å². The summed E-state index contributed by atoms with van der Waals surface area (Å²) >= 11 is 0. The van der Waals surface area contributed by atoms with Crippen LogP contribution in [-0.2, 0) is 22.9 Å². The summed E-state index contributed by atoms with van der Waals surface area (Å²) in [5.74, 6) is 0.784. The maximum atomic E-state index is 13.2. The lowest BCUT2D eigenvalue weighted by molar-refractivity contribution is 0.123. The van der Waals surface area contributed by atoms with E-state index in [0.717, 1.165) is 32.1 Å². The number of aryl methyl sites for hydroxylation is 2. The van der Waals surface area contributed by atoms with Crippen LogP contribution >= 0.6 is 0 Å². The van der Waals surface area contributed by atoms with Gasteiger partial charge >= 0.3 is 0 Å². The van der Waals surface area contributed by atoms with Gasteiger partial charge in [-0.25, -0.2) is 8.42 Å². The molecule has 1 fully saturated rings. The Morgan fingerprint density at radius 2 is 1.75 bits per heavy atom. The second-order valence-electron chi connectivity index (χ2n) is 7.30. The van der Waals surface area contributed by atoms with Crippen LogP contribution in [-0.4, -0.2) is 49.2 Å². The highest BCUT2D eigenvalue weighted by molar-refractivity contribution is 7.89. The van der Waals surface area contributed by atoms with E-state index in [-0.39, 0.29) is 6.10 Å². The van der Waals surface area contributed by atoms with Gasteiger partial charge in [0.1, 0.15) is 6.10 Å². The molecule has 1 atom stereocenters. The molecule has 0 saturated carbocycles. The molecule has 1 aromatic carbocycles. The number of hydrogen-bond acceptors (Lipinski definition) is 6. The predicted octanol–water partition coefficient (Wildman–Crippen LogP) is 2.60. The van der Waals surface area contributed by atoms with E-state index in [1.165, 1.54) is 29.0 Å². The number of sulfonamides is 1. The largest absolute Gasteiger partial charge is 0.480 e. The molecular formula is C20H25N3O4S. The number of rotatable bonds is 5. The summed E-state index contributed by atoms with van der Waals surface area (Å²) in [6, 6.07) is 8.95. The van der Waals surface area contributed by atoms with E-state index in [9.17, 15) is 8.42 Å². The average molecular weight is 404 g/mol. The molecule has 1 aliphatic carbocycles. The third kappa shape index (κ3) is 3.98. The third-order valence-corrected chi connectivity index (χ3v) is 7.27. The summed E-state index contributed by atoms with van der Waals surface area (Å²) in [4.78, 5) is 0.387. The Morgan fingerprint density at radius 3 is 2.50 bits per heavy atom. The fraction of sp³-hybridized carbons (Fsp3) is 0.500. The second kappa shape index (κ2) is 8.05. The van der Waals surface area contributed by atoms with Crippen molar-refractivity contribution in [2.24, 2.45) is 0 Å². The lowest BCUT2D eigenvalue weighted by atomic mass is 9.92. The van der Waals surface area contributed by atoms with Crippen LogP contribution in [0.3, 0.4) is 0 Å². The normalized spacial score (nSPS) is 20.4. The molecule has 2 aromatic rings. The lowest BCUT2D eigenvalue weighted by Crippen LogP contribution is -2.44. The average Bonchev–Trinajstić information content (AvgIpc) is 2.74. The van der Waals surface area contributed by atoms with Gasteiger partial charge in [-0.05, 0) is 61.8 Å². The SMILES string of the molecule is COc1ccc(OC2CCCN(S(=O)(=O)c3ccc4c(c3)CCCC4)C2)nn1. The minimum absolute atomic E-state index is 0.246. The number of fused-ring (bicyclic) bond motifs is 1. The first-order chi connectivity index (χ1) is 13.6. The van der Waals surface area contributed by atoms with Crippen molar-refractivity contribution in [3.63, 3.8) is 0 Å². The molecule has 1 aromatic heterocycles. The highest BCUT2D eigenvalue weighted by atomic mass is 32.2. The van der Waals surface area contributed by atoms with E-state index in [1.807, 2.05) is 12.1 Å². The Balaban J connectivity index is 1.48. The molecule has 0 N–H and O–H groups in total. The van der Waals surface area contributed by atoms with Crippen molar-refractivity contribution in [1.82, 2.24) is 14.5 Å². The van der Waals surface area contributed by atoms with Gasteiger partial charge in [0.25, 0.3) is 0 Å². The van der Waals surface area contributed by atoms with Crippen molar-refractivity contribution in [3.05, 3.63) is 41.5 Å². The van der Waals surface area contributed by atoms with Crippen molar-refractivity contribution in [2.45, 2.75) is 49.5 Å². The molecule has 2 heterocycles. The van der Waals surface area contributed by atoms with Crippen LogP contribution in [0.2, 0.25) is 0 Å². The lowest BCUT2D eigenvalue weighted by Gasteiger charge is -2.32. The van der Waals surface area contributed by atoms with Crippen LogP contribution in [0.4, 0.5) is 0 Å². The predicted molar refractivity (Wildman–Crippen MR) is 104 cm³/mol. The first kappa shape index (κ1) is 19.1. The molecule has 28 heavy (non-hydrogen) atoms. The number of nitrogens with zero attached hydrogens (tertiary/aromatic N) is 3. The van der Waals surface area contributed by atoms with Gasteiger partial charge in [-0.1, -0.05) is 6.07 Å². The first-order valence-corrected chi connectivity index (χ1v) is 11.2. The van der Waals surface area contributed by atoms with Crippen LogP contribution in [0.15, 0.2) is 35.2 Å². The fourth-order valence-electron chi connectivity index (χ4n) is 3.89. The molecule has 0 bridgehead atoms. The monoisotopic (exact) mass is 403 g/mol. The van der Waals surface area contributed by atoms with Gasteiger partial charge in [0, 0.05) is 18.7 Å². The van der Waals surface area contributed by atoms with Gasteiger partial charge in [-0.2, -0.15) is 4.31 Å². The van der Waals surface area contributed by atoms with Crippen molar-refractivity contribution in [2.75, 3.05) is 20.2 Å². The summed E-state index contributed by atoms with van der Waals surface area (Å²) in [5, 5.41) is 7.86. The zero-order valence-electron chi connectivity index (χ0n) is 16.0. The molecule has 150 valence electrons. The smallest absolute Gasteiger partial charge is 0.243 e. The summed E-state index contributed by atoms with van der Waals surface area (Å²) in [6.07, 6.45) is 5.59. The number of benzene rings is 1. The summed E-state index contributed by atoms with van der Waals surface area (Å²) in [7, 11) is -2.01. The number of methoxy groups -OCH3 is 1. The van der Waals surface area contributed by atoms with E-state index in [4.69, 9.17) is 9.47 Å². The van der Waals surface area contributed by atoms with Crippen molar-refractivity contribution < 1.29 is 17.9 Å². The summed E-state index contributed by atoms with van der Waals surface area (Å²) < 4.78 is 38.8. The maximum Gasteiger partial charge on any atom is 0.243 e. The Labute approximate surface area is 165 Å². The van der Waals surface area contributed by atoms with Gasteiger partial charge < -0.3 is 9.47 Å². The standard InChI is InChI=1S/C20H25N3O4S/c1-26-19-10-11-20(22-21-19)27-17-7-4-12-23(14-17)28(24,25)18-9-8-15-5-2-3-6-16(15)13-18/h8-11,13,17H,2-7,12,14H2,1H3. The van der Waals surface area contributed by atoms with E-state index in [0.29, 0.717) is 29.7 Å². The first-order valence-electron chi connectivity index (χ1n) is 9.72. The zero-order valence-corrected chi connectivity index (χ0v) is 16.8. The highest BCUT2D eigenvalue weighted by Gasteiger charge is 2.32. The van der Waals surface area contributed by atoms with Crippen molar-refractivity contribution >= 4 is 10.0 Å². The molecule has 2 aliphatic rings. The van der Waals surface area contributed by atoms with Crippen molar-refractivity contribution in [1.29, 1.82) is 0 Å². The van der Waals surface area contributed by atoms with Gasteiger partial charge in [0.15, 0.2) is 0 Å². The number of ether oxygens (including phenoxy) is 2. The minimum atomic E-state index is -3.53. The molecule has 8 heteroatoms. The fourth-order valence-corrected chi connectivity index (χ4v) is 5.45. The topological polar surface area (TPSA) is 81.6 Å². The summed E-state index contributed by atoms with van der Waals surface area (Å²) in [6.45, 7) is 0.820. The van der Waals surface area contributed by atoms with Crippen LogP contribution in [0.1, 0.15) is 36.8 Å². The van der Waals surface area contributed by atoms with E-state index in [2.05, 4.69) is 10.2 Å². The Hall–Kier alpha value is -2.19. The van der Waals surface area contributed by atoms with Gasteiger partial charge in [-0.15, -0.1) is 10.2 Å².